The van der Waals surface area contributed by atoms with Gasteiger partial charge in [-0.05, 0) is 63.2 Å². The van der Waals surface area contributed by atoms with E-state index < -0.39 is 11.6 Å². The van der Waals surface area contributed by atoms with E-state index in [4.69, 9.17) is 0 Å². The third-order valence-corrected chi connectivity index (χ3v) is 8.01. The zero-order valence-corrected chi connectivity index (χ0v) is 21.0. The summed E-state index contributed by atoms with van der Waals surface area (Å²) >= 11 is 0. The van der Waals surface area contributed by atoms with Crippen molar-refractivity contribution in [1.29, 1.82) is 0 Å². The minimum atomic E-state index is -0.867. The topological polar surface area (TPSA) is 98.8 Å². The fourth-order valence-electron chi connectivity index (χ4n) is 5.56. The van der Waals surface area contributed by atoms with Crippen LogP contribution in [0.15, 0.2) is 0 Å². The zero-order chi connectivity index (χ0) is 24.4. The van der Waals surface area contributed by atoms with Crippen LogP contribution in [0.2, 0.25) is 0 Å². The lowest BCUT2D eigenvalue weighted by Crippen LogP contribution is -2.53. The molecule has 1 saturated carbocycles. The van der Waals surface area contributed by atoms with E-state index in [1.165, 1.54) is 0 Å². The quantitative estimate of drug-likeness (QED) is 0.468. The van der Waals surface area contributed by atoms with E-state index in [-0.39, 0.29) is 41.6 Å². The zero-order valence-electron chi connectivity index (χ0n) is 21.0. The molecule has 3 rings (SSSR count). The van der Waals surface area contributed by atoms with Crippen molar-refractivity contribution in [3.8, 4) is 0 Å². The summed E-state index contributed by atoms with van der Waals surface area (Å²) in [4.78, 5) is 54.4. The maximum atomic E-state index is 13.3. The fourth-order valence-corrected chi connectivity index (χ4v) is 5.56. The van der Waals surface area contributed by atoms with E-state index in [9.17, 15) is 19.2 Å². The molecule has 0 aromatic carbocycles. The highest BCUT2D eigenvalue weighted by Gasteiger charge is 2.54. The Morgan fingerprint density at radius 2 is 1.79 bits per heavy atom. The molecule has 2 atom stereocenters. The van der Waals surface area contributed by atoms with E-state index in [1.807, 2.05) is 6.92 Å². The Hall–Kier alpha value is -2.12. The van der Waals surface area contributed by atoms with E-state index in [1.54, 1.807) is 4.90 Å². The standard InChI is InChI=1S/C25H42N4O4/c1-6-7-14-26-21(31)18-9-8-17(2)28(15-18)20(30)16-29-22(32)25(27-23(29)33)12-10-19(11-13-25)24(3,4)5/h17-19H,6-16H2,1-5H3,(H,26,31)(H,27,33). The maximum Gasteiger partial charge on any atom is 0.325 e. The summed E-state index contributed by atoms with van der Waals surface area (Å²) in [5.41, 5.74) is -0.693. The monoisotopic (exact) mass is 462 g/mol. The molecule has 2 unspecified atom stereocenters. The molecule has 0 radical (unpaired) electrons. The number of carbonyl (C=O) groups is 4. The fraction of sp³-hybridized carbons (Fsp3) is 0.840. The van der Waals surface area contributed by atoms with E-state index in [2.05, 4.69) is 38.3 Å². The molecule has 3 fully saturated rings. The number of nitrogens with one attached hydrogen (secondary N) is 2. The number of amides is 5. The Bertz CT molecular complexity index is 767. The van der Waals surface area contributed by atoms with E-state index >= 15 is 0 Å². The molecule has 8 heteroatoms. The van der Waals surface area contributed by atoms with Gasteiger partial charge in [-0.3, -0.25) is 19.3 Å². The van der Waals surface area contributed by atoms with Crippen molar-refractivity contribution in [3.05, 3.63) is 0 Å². The predicted molar refractivity (Wildman–Crippen MR) is 126 cm³/mol. The van der Waals surface area contributed by atoms with Crippen LogP contribution in [-0.4, -0.2) is 64.8 Å². The predicted octanol–water partition coefficient (Wildman–Crippen LogP) is 3.06. The van der Waals surface area contributed by atoms with Crippen LogP contribution in [-0.2, 0) is 14.4 Å². The summed E-state index contributed by atoms with van der Waals surface area (Å²) < 4.78 is 0. The molecule has 0 aromatic rings. The van der Waals surface area contributed by atoms with Crippen molar-refractivity contribution < 1.29 is 19.2 Å². The van der Waals surface area contributed by atoms with Crippen LogP contribution in [0.4, 0.5) is 4.79 Å². The number of likely N-dealkylation sites (tertiary alicyclic amines) is 1. The third-order valence-electron chi connectivity index (χ3n) is 8.01. The second-order valence-corrected chi connectivity index (χ2v) is 11.4. The van der Waals surface area contributed by atoms with Crippen molar-refractivity contribution in [2.24, 2.45) is 17.3 Å². The lowest BCUT2D eigenvalue weighted by molar-refractivity contribution is -0.143. The molecule has 2 aliphatic heterocycles. The Morgan fingerprint density at radius 1 is 1.12 bits per heavy atom. The van der Waals surface area contributed by atoms with Gasteiger partial charge < -0.3 is 15.5 Å². The van der Waals surface area contributed by atoms with Gasteiger partial charge in [0.25, 0.3) is 5.91 Å². The van der Waals surface area contributed by atoms with Crippen molar-refractivity contribution >= 4 is 23.8 Å². The summed E-state index contributed by atoms with van der Waals surface area (Å²) in [6, 6.07) is -0.491. The van der Waals surface area contributed by atoms with Gasteiger partial charge in [0.1, 0.15) is 12.1 Å². The first-order chi connectivity index (χ1) is 15.5. The lowest BCUT2D eigenvalue weighted by atomic mass is 9.67. The molecule has 3 aliphatic rings. The summed E-state index contributed by atoms with van der Waals surface area (Å²) in [5.74, 6) is -0.288. The highest BCUT2D eigenvalue weighted by atomic mass is 16.2. The van der Waals surface area contributed by atoms with E-state index in [0.717, 1.165) is 43.4 Å². The maximum absolute atomic E-state index is 13.3. The number of hydrogen-bond acceptors (Lipinski definition) is 4. The number of rotatable bonds is 6. The van der Waals surface area contributed by atoms with Gasteiger partial charge in [-0.25, -0.2) is 4.79 Å². The van der Waals surface area contributed by atoms with Crippen molar-refractivity contribution in [2.75, 3.05) is 19.6 Å². The normalized spacial score (nSPS) is 30.5. The van der Waals surface area contributed by atoms with E-state index in [0.29, 0.717) is 31.8 Å². The van der Waals surface area contributed by atoms with Crippen LogP contribution in [0, 0.1) is 17.3 Å². The van der Waals surface area contributed by atoms with Gasteiger partial charge in [0, 0.05) is 19.1 Å². The minimum Gasteiger partial charge on any atom is -0.356 e. The number of imide groups is 1. The van der Waals surface area contributed by atoms with Gasteiger partial charge in [0.05, 0.1) is 5.92 Å². The molecule has 2 heterocycles. The molecule has 0 bridgehead atoms. The number of unbranched alkanes of at least 4 members (excludes halogenated alkanes) is 1. The Balaban J connectivity index is 1.60. The van der Waals surface area contributed by atoms with Crippen LogP contribution < -0.4 is 10.6 Å². The average molecular weight is 463 g/mol. The first-order valence-electron chi connectivity index (χ1n) is 12.7. The van der Waals surface area contributed by atoms with Crippen molar-refractivity contribution in [3.63, 3.8) is 0 Å². The van der Waals surface area contributed by atoms with Gasteiger partial charge in [-0.2, -0.15) is 0 Å². The average Bonchev–Trinajstić information content (AvgIpc) is 2.97. The lowest BCUT2D eigenvalue weighted by Gasteiger charge is -2.40. The van der Waals surface area contributed by atoms with Crippen molar-refractivity contribution in [2.45, 2.75) is 97.6 Å². The van der Waals surface area contributed by atoms with Gasteiger partial charge in [0.2, 0.25) is 11.8 Å². The molecule has 8 nitrogen and oxygen atoms in total. The number of nitrogens with zero attached hydrogens (tertiary/aromatic N) is 2. The second kappa shape index (κ2) is 10.0. The largest absolute Gasteiger partial charge is 0.356 e. The Labute approximate surface area is 198 Å². The minimum absolute atomic E-state index is 0.0160. The molecule has 186 valence electrons. The molecule has 33 heavy (non-hydrogen) atoms. The highest BCUT2D eigenvalue weighted by Crippen LogP contribution is 2.43. The molecular weight excluding hydrogens is 420 g/mol. The summed E-state index contributed by atoms with van der Waals surface area (Å²) in [6.45, 7) is 11.4. The van der Waals surface area contributed by atoms with Crippen LogP contribution in [0.25, 0.3) is 0 Å². The summed E-state index contributed by atoms with van der Waals surface area (Å²) in [5, 5.41) is 5.88. The number of piperidine rings is 1. The highest BCUT2D eigenvalue weighted by molar-refractivity contribution is 6.09. The molecular formula is C25H42N4O4. The number of hydrogen-bond donors (Lipinski definition) is 2. The Morgan fingerprint density at radius 3 is 2.39 bits per heavy atom. The van der Waals surface area contributed by atoms with Crippen molar-refractivity contribution in [1.82, 2.24) is 20.4 Å². The number of urea groups is 1. The first-order valence-corrected chi connectivity index (χ1v) is 12.7. The van der Waals surface area contributed by atoms with Gasteiger partial charge >= 0.3 is 6.03 Å². The Kier molecular flexibility index (Phi) is 7.74. The summed E-state index contributed by atoms with van der Waals surface area (Å²) in [6.07, 6.45) is 6.41. The third kappa shape index (κ3) is 5.52. The smallest absolute Gasteiger partial charge is 0.325 e. The van der Waals surface area contributed by atoms with Crippen LogP contribution in [0.5, 0.6) is 0 Å². The number of carbonyl (C=O) groups excluding carboxylic acids is 4. The molecule has 1 spiro atoms. The van der Waals surface area contributed by atoms with Gasteiger partial charge in [0.15, 0.2) is 0 Å². The van der Waals surface area contributed by atoms with Crippen LogP contribution >= 0.6 is 0 Å². The molecule has 5 amide bonds. The second-order valence-electron chi connectivity index (χ2n) is 11.4. The molecule has 2 N–H and O–H groups in total. The van der Waals surface area contributed by atoms with Crippen LogP contribution in [0.1, 0.15) is 86.0 Å². The SMILES string of the molecule is CCCCNC(=O)C1CCC(C)N(C(=O)CN2C(=O)NC3(CCC(C(C)(C)C)CC3)C2=O)C1. The van der Waals surface area contributed by atoms with Gasteiger partial charge in [-0.1, -0.05) is 34.1 Å². The first kappa shape index (κ1) is 25.5. The summed E-state index contributed by atoms with van der Waals surface area (Å²) in [7, 11) is 0. The van der Waals surface area contributed by atoms with Crippen LogP contribution in [0.3, 0.4) is 0 Å². The molecule has 0 aromatic heterocycles. The van der Waals surface area contributed by atoms with Gasteiger partial charge in [-0.15, -0.1) is 0 Å². The molecule has 1 aliphatic carbocycles. The molecule has 2 saturated heterocycles.